The molecule has 0 amide bonds. The summed E-state index contributed by atoms with van der Waals surface area (Å²) in [5, 5.41) is 8.97. The molecule has 0 radical (unpaired) electrons. The van der Waals surface area contributed by atoms with Gasteiger partial charge in [0.2, 0.25) is 0 Å². The Balaban J connectivity index is 2.32. The molecule has 1 N–H and O–H groups in total. The van der Waals surface area contributed by atoms with Crippen LogP contribution < -0.4 is 0 Å². The standard InChI is InChI=1S/C11H23NO3S/c1-16(14,15)10-4-8-12-7-3-2-5-11(12)6-9-13/h11,13H,2-10H2,1H3. The fourth-order valence-electron chi connectivity index (χ4n) is 2.36. The van der Waals surface area contributed by atoms with Crippen LogP contribution in [-0.4, -0.2) is 56.2 Å². The lowest BCUT2D eigenvalue weighted by Crippen LogP contribution is -2.41. The van der Waals surface area contributed by atoms with Crippen LogP contribution in [0.15, 0.2) is 0 Å². The predicted molar refractivity (Wildman–Crippen MR) is 65.2 cm³/mol. The maximum absolute atomic E-state index is 11.0. The van der Waals surface area contributed by atoms with E-state index in [2.05, 4.69) is 4.90 Å². The number of nitrogens with zero attached hydrogens (tertiary/aromatic N) is 1. The molecule has 0 spiro atoms. The third-order valence-electron chi connectivity index (χ3n) is 3.17. The highest BCUT2D eigenvalue weighted by molar-refractivity contribution is 7.90. The quantitative estimate of drug-likeness (QED) is 0.751. The molecule has 1 fully saturated rings. The van der Waals surface area contributed by atoms with Crippen molar-refractivity contribution in [1.82, 2.24) is 4.90 Å². The summed E-state index contributed by atoms with van der Waals surface area (Å²) in [6, 6.07) is 0.457. The summed E-state index contributed by atoms with van der Waals surface area (Å²) in [7, 11) is -2.83. The summed E-state index contributed by atoms with van der Waals surface area (Å²) in [4.78, 5) is 2.34. The molecular formula is C11H23NO3S. The molecule has 0 aromatic carbocycles. The Kier molecular flexibility index (Phi) is 5.72. The molecule has 5 heteroatoms. The minimum atomic E-state index is -2.83. The fourth-order valence-corrected chi connectivity index (χ4v) is 3.01. The van der Waals surface area contributed by atoms with E-state index in [1.807, 2.05) is 0 Å². The third kappa shape index (κ3) is 5.27. The molecule has 1 rings (SSSR count). The van der Waals surface area contributed by atoms with E-state index in [1.165, 1.54) is 19.1 Å². The molecule has 0 aromatic rings. The number of hydrogen-bond acceptors (Lipinski definition) is 4. The van der Waals surface area contributed by atoms with Gasteiger partial charge >= 0.3 is 0 Å². The summed E-state index contributed by atoms with van der Waals surface area (Å²) in [5.41, 5.74) is 0. The third-order valence-corrected chi connectivity index (χ3v) is 4.20. The van der Waals surface area contributed by atoms with Crippen molar-refractivity contribution in [3.63, 3.8) is 0 Å². The van der Waals surface area contributed by atoms with Crippen LogP contribution in [0.5, 0.6) is 0 Å². The average molecular weight is 249 g/mol. The van der Waals surface area contributed by atoms with Crippen molar-refractivity contribution in [3.8, 4) is 0 Å². The Morgan fingerprint density at radius 3 is 2.75 bits per heavy atom. The Hall–Kier alpha value is -0.130. The van der Waals surface area contributed by atoms with Crippen LogP contribution in [0.1, 0.15) is 32.1 Å². The lowest BCUT2D eigenvalue weighted by molar-refractivity contribution is 0.120. The van der Waals surface area contributed by atoms with Gasteiger partial charge in [0.05, 0.1) is 5.75 Å². The number of aliphatic hydroxyl groups is 1. The molecule has 96 valence electrons. The van der Waals surface area contributed by atoms with E-state index in [0.717, 1.165) is 25.9 Å². The number of likely N-dealkylation sites (tertiary alicyclic amines) is 1. The van der Waals surface area contributed by atoms with Crippen LogP contribution >= 0.6 is 0 Å². The lowest BCUT2D eigenvalue weighted by Gasteiger charge is -2.35. The topological polar surface area (TPSA) is 57.6 Å². The van der Waals surface area contributed by atoms with E-state index in [1.54, 1.807) is 0 Å². The summed E-state index contributed by atoms with van der Waals surface area (Å²) < 4.78 is 22.0. The van der Waals surface area contributed by atoms with E-state index < -0.39 is 9.84 Å². The highest BCUT2D eigenvalue weighted by Crippen LogP contribution is 2.19. The zero-order valence-electron chi connectivity index (χ0n) is 10.1. The summed E-state index contributed by atoms with van der Waals surface area (Å²) in [6.07, 6.45) is 6.38. The van der Waals surface area contributed by atoms with Gasteiger partial charge in [0.1, 0.15) is 9.84 Å². The van der Waals surface area contributed by atoms with Crippen molar-refractivity contribution in [2.45, 2.75) is 38.1 Å². The molecule has 0 aliphatic carbocycles. The fraction of sp³-hybridized carbons (Fsp3) is 1.00. The number of rotatable bonds is 6. The van der Waals surface area contributed by atoms with Gasteiger partial charge in [-0.1, -0.05) is 6.42 Å². The van der Waals surface area contributed by atoms with E-state index in [4.69, 9.17) is 5.11 Å². The van der Waals surface area contributed by atoms with Crippen LogP contribution in [0.25, 0.3) is 0 Å². The molecule has 0 saturated carbocycles. The van der Waals surface area contributed by atoms with Crippen molar-refractivity contribution >= 4 is 9.84 Å². The van der Waals surface area contributed by atoms with Gasteiger partial charge < -0.3 is 10.0 Å². The first-order valence-corrected chi connectivity index (χ1v) is 8.11. The Morgan fingerprint density at radius 1 is 1.38 bits per heavy atom. The van der Waals surface area contributed by atoms with Gasteiger partial charge in [0.15, 0.2) is 0 Å². The van der Waals surface area contributed by atoms with E-state index in [0.29, 0.717) is 12.5 Å². The zero-order chi connectivity index (χ0) is 12.0. The van der Waals surface area contributed by atoms with Crippen molar-refractivity contribution in [2.24, 2.45) is 0 Å². The van der Waals surface area contributed by atoms with Gasteiger partial charge in [0.25, 0.3) is 0 Å². The first-order valence-electron chi connectivity index (χ1n) is 6.05. The largest absolute Gasteiger partial charge is 0.396 e. The molecule has 0 bridgehead atoms. The minimum absolute atomic E-state index is 0.229. The molecule has 1 atom stereocenters. The summed E-state index contributed by atoms with van der Waals surface area (Å²) in [6.45, 7) is 2.12. The molecule has 1 aliphatic rings. The number of hydrogen-bond donors (Lipinski definition) is 1. The number of piperidine rings is 1. The van der Waals surface area contributed by atoms with Crippen LogP contribution in [0.2, 0.25) is 0 Å². The van der Waals surface area contributed by atoms with Crippen LogP contribution in [-0.2, 0) is 9.84 Å². The van der Waals surface area contributed by atoms with E-state index in [-0.39, 0.29) is 12.4 Å². The normalized spacial score (nSPS) is 23.5. The second kappa shape index (κ2) is 6.57. The molecular weight excluding hydrogens is 226 g/mol. The second-order valence-corrected chi connectivity index (χ2v) is 6.94. The van der Waals surface area contributed by atoms with Gasteiger partial charge in [-0.2, -0.15) is 0 Å². The van der Waals surface area contributed by atoms with Crippen LogP contribution in [0.3, 0.4) is 0 Å². The SMILES string of the molecule is CS(=O)(=O)CCCN1CCCCC1CCO. The monoisotopic (exact) mass is 249 g/mol. The zero-order valence-corrected chi connectivity index (χ0v) is 10.9. The average Bonchev–Trinajstić information content (AvgIpc) is 2.19. The van der Waals surface area contributed by atoms with Crippen molar-refractivity contribution < 1.29 is 13.5 Å². The van der Waals surface area contributed by atoms with Gasteiger partial charge in [-0.25, -0.2) is 8.42 Å². The maximum Gasteiger partial charge on any atom is 0.147 e. The Morgan fingerprint density at radius 2 is 2.12 bits per heavy atom. The number of sulfone groups is 1. The first-order chi connectivity index (χ1) is 7.53. The van der Waals surface area contributed by atoms with Gasteiger partial charge in [-0.3, -0.25) is 0 Å². The van der Waals surface area contributed by atoms with Crippen molar-refractivity contribution in [2.75, 3.05) is 31.7 Å². The van der Waals surface area contributed by atoms with Gasteiger partial charge in [-0.05, 0) is 38.8 Å². The molecule has 1 aliphatic heterocycles. The highest BCUT2D eigenvalue weighted by atomic mass is 32.2. The molecule has 1 unspecified atom stereocenters. The van der Waals surface area contributed by atoms with Crippen LogP contribution in [0, 0.1) is 0 Å². The smallest absolute Gasteiger partial charge is 0.147 e. The lowest BCUT2D eigenvalue weighted by atomic mass is 9.99. The van der Waals surface area contributed by atoms with E-state index >= 15 is 0 Å². The van der Waals surface area contributed by atoms with Crippen LogP contribution in [0.4, 0.5) is 0 Å². The molecule has 1 saturated heterocycles. The predicted octanol–water partition coefficient (Wildman–Crippen LogP) is 0.658. The van der Waals surface area contributed by atoms with Gasteiger partial charge in [0, 0.05) is 18.9 Å². The Bertz CT molecular complexity index is 288. The minimum Gasteiger partial charge on any atom is -0.396 e. The molecule has 16 heavy (non-hydrogen) atoms. The van der Waals surface area contributed by atoms with Gasteiger partial charge in [-0.15, -0.1) is 0 Å². The molecule has 4 nitrogen and oxygen atoms in total. The maximum atomic E-state index is 11.0. The summed E-state index contributed by atoms with van der Waals surface area (Å²) >= 11 is 0. The van der Waals surface area contributed by atoms with E-state index in [9.17, 15) is 8.42 Å². The summed E-state index contributed by atoms with van der Waals surface area (Å²) in [5.74, 6) is 0.273. The number of aliphatic hydroxyl groups excluding tert-OH is 1. The molecule has 0 aromatic heterocycles. The van der Waals surface area contributed by atoms with Crippen molar-refractivity contribution in [1.29, 1.82) is 0 Å². The van der Waals surface area contributed by atoms with Crippen molar-refractivity contribution in [3.05, 3.63) is 0 Å². The highest BCUT2D eigenvalue weighted by Gasteiger charge is 2.21. The Labute approximate surface area is 98.6 Å². The first kappa shape index (κ1) is 13.9. The second-order valence-electron chi connectivity index (χ2n) is 4.68. The molecule has 1 heterocycles.